The molecule has 2 N–H and O–H groups in total. The van der Waals surface area contributed by atoms with E-state index in [0.717, 1.165) is 0 Å². The molecule has 0 aliphatic heterocycles. The fraction of sp³-hybridized carbons (Fsp3) is 0.533. The highest BCUT2D eigenvalue weighted by Crippen LogP contribution is 2.12. The Kier molecular flexibility index (Phi) is 5.35. The Balaban J connectivity index is 3.14. The van der Waals surface area contributed by atoms with Crippen LogP contribution in [-0.2, 0) is 20.8 Å². The van der Waals surface area contributed by atoms with E-state index in [4.69, 9.17) is 15.2 Å². The number of pyridine rings is 1. The number of rotatable bonds is 4. The zero-order valence-corrected chi connectivity index (χ0v) is 13.6. The zero-order valence-electron chi connectivity index (χ0n) is 13.6. The van der Waals surface area contributed by atoms with Crippen molar-refractivity contribution in [2.45, 2.75) is 46.8 Å². The molecule has 0 amide bonds. The van der Waals surface area contributed by atoms with Crippen LogP contribution in [0.15, 0.2) is 10.9 Å². The van der Waals surface area contributed by atoms with Gasteiger partial charge in [-0.1, -0.05) is 0 Å². The Morgan fingerprint density at radius 2 is 1.91 bits per heavy atom. The SMILES string of the molecule is CCOC(=O)c1cc(C)n(CC(=O)OC(C)(C)C)c(=O)c1N. The van der Waals surface area contributed by atoms with Crippen molar-refractivity contribution in [3.8, 4) is 0 Å². The van der Waals surface area contributed by atoms with Crippen LogP contribution in [0.2, 0.25) is 0 Å². The van der Waals surface area contributed by atoms with E-state index in [2.05, 4.69) is 0 Å². The standard InChI is InChI=1S/C15H22N2O5/c1-6-21-14(20)10-7-9(2)17(13(19)12(10)16)8-11(18)22-15(3,4)5/h7H,6,8,16H2,1-5H3. The number of nitrogen functional groups attached to an aromatic ring is 1. The summed E-state index contributed by atoms with van der Waals surface area (Å²) in [5, 5.41) is 0. The molecule has 0 aliphatic rings. The maximum absolute atomic E-state index is 12.2. The van der Waals surface area contributed by atoms with Gasteiger partial charge in [-0.15, -0.1) is 0 Å². The molecule has 0 saturated carbocycles. The van der Waals surface area contributed by atoms with Gasteiger partial charge < -0.3 is 15.2 Å². The Morgan fingerprint density at radius 1 is 1.32 bits per heavy atom. The molecule has 1 aromatic heterocycles. The van der Waals surface area contributed by atoms with Gasteiger partial charge in [-0.25, -0.2) is 4.79 Å². The molecule has 22 heavy (non-hydrogen) atoms. The highest BCUT2D eigenvalue weighted by atomic mass is 16.6. The van der Waals surface area contributed by atoms with E-state index in [-0.39, 0.29) is 24.4 Å². The number of carbonyl (C=O) groups excluding carboxylic acids is 2. The number of nitrogens with two attached hydrogens (primary N) is 1. The number of carbonyl (C=O) groups is 2. The topological polar surface area (TPSA) is 101 Å². The van der Waals surface area contributed by atoms with Crippen molar-refractivity contribution in [2.75, 3.05) is 12.3 Å². The second kappa shape index (κ2) is 6.64. The lowest BCUT2D eigenvalue weighted by Gasteiger charge is -2.20. The van der Waals surface area contributed by atoms with Crippen molar-refractivity contribution in [1.82, 2.24) is 4.57 Å². The van der Waals surface area contributed by atoms with E-state index in [1.54, 1.807) is 34.6 Å². The fourth-order valence-electron chi connectivity index (χ4n) is 1.86. The van der Waals surface area contributed by atoms with Gasteiger partial charge in [0, 0.05) is 5.69 Å². The number of aryl methyl sites for hydroxylation is 1. The molecule has 0 radical (unpaired) electrons. The smallest absolute Gasteiger partial charge is 0.340 e. The van der Waals surface area contributed by atoms with Gasteiger partial charge in [0.05, 0.1) is 12.2 Å². The van der Waals surface area contributed by atoms with Crippen LogP contribution in [0, 0.1) is 6.92 Å². The number of anilines is 1. The molecule has 7 heteroatoms. The molecule has 122 valence electrons. The Hall–Kier alpha value is -2.31. The van der Waals surface area contributed by atoms with Crippen LogP contribution in [0.4, 0.5) is 5.69 Å². The molecular weight excluding hydrogens is 288 g/mol. The molecule has 0 saturated heterocycles. The third kappa shape index (κ3) is 4.34. The van der Waals surface area contributed by atoms with Crippen LogP contribution in [0.5, 0.6) is 0 Å². The minimum Gasteiger partial charge on any atom is -0.462 e. The number of hydrogen-bond acceptors (Lipinski definition) is 6. The van der Waals surface area contributed by atoms with E-state index in [9.17, 15) is 14.4 Å². The highest BCUT2D eigenvalue weighted by Gasteiger charge is 2.21. The monoisotopic (exact) mass is 310 g/mol. The molecule has 0 spiro atoms. The summed E-state index contributed by atoms with van der Waals surface area (Å²) in [7, 11) is 0. The Morgan fingerprint density at radius 3 is 2.41 bits per heavy atom. The molecule has 7 nitrogen and oxygen atoms in total. The van der Waals surface area contributed by atoms with Gasteiger partial charge >= 0.3 is 11.9 Å². The summed E-state index contributed by atoms with van der Waals surface area (Å²) in [5.74, 6) is -1.22. The molecule has 0 aromatic carbocycles. The summed E-state index contributed by atoms with van der Waals surface area (Å²) in [4.78, 5) is 35.8. The lowest BCUT2D eigenvalue weighted by molar-refractivity contribution is -0.155. The van der Waals surface area contributed by atoms with Crippen LogP contribution in [0.3, 0.4) is 0 Å². The van der Waals surface area contributed by atoms with Crippen LogP contribution in [-0.4, -0.2) is 28.7 Å². The molecule has 0 unspecified atom stereocenters. The third-order valence-corrected chi connectivity index (χ3v) is 2.75. The van der Waals surface area contributed by atoms with Crippen LogP contribution < -0.4 is 11.3 Å². The number of aromatic nitrogens is 1. The molecule has 1 heterocycles. The number of hydrogen-bond donors (Lipinski definition) is 1. The van der Waals surface area contributed by atoms with Gasteiger partial charge in [0.2, 0.25) is 0 Å². The van der Waals surface area contributed by atoms with Crippen molar-refractivity contribution < 1.29 is 19.1 Å². The molecule has 0 atom stereocenters. The average molecular weight is 310 g/mol. The second-order valence-corrected chi connectivity index (χ2v) is 5.81. The summed E-state index contributed by atoms with van der Waals surface area (Å²) >= 11 is 0. The second-order valence-electron chi connectivity index (χ2n) is 5.81. The van der Waals surface area contributed by atoms with Crippen LogP contribution >= 0.6 is 0 Å². The molecular formula is C15H22N2O5. The Bertz CT molecular complexity index is 641. The maximum Gasteiger partial charge on any atom is 0.340 e. The predicted octanol–water partition coefficient (Wildman–Crippen LogP) is 1.26. The molecule has 0 aliphatic carbocycles. The lowest BCUT2D eigenvalue weighted by Crippen LogP contribution is -2.33. The number of esters is 2. The first-order valence-electron chi connectivity index (χ1n) is 6.95. The van der Waals surface area contributed by atoms with Crippen LogP contribution in [0.25, 0.3) is 0 Å². The van der Waals surface area contributed by atoms with Gasteiger partial charge in [-0.2, -0.15) is 0 Å². The number of nitrogens with zero attached hydrogens (tertiary/aromatic N) is 1. The van der Waals surface area contributed by atoms with E-state index in [0.29, 0.717) is 5.69 Å². The lowest BCUT2D eigenvalue weighted by atomic mass is 10.2. The maximum atomic E-state index is 12.2. The fourth-order valence-corrected chi connectivity index (χ4v) is 1.86. The normalized spacial score (nSPS) is 11.1. The summed E-state index contributed by atoms with van der Waals surface area (Å²) < 4.78 is 11.2. The minimum atomic E-state index is -0.662. The van der Waals surface area contributed by atoms with Crippen molar-refractivity contribution in [1.29, 1.82) is 0 Å². The van der Waals surface area contributed by atoms with E-state index < -0.39 is 23.1 Å². The molecule has 0 bridgehead atoms. The first-order chi connectivity index (χ1) is 10.1. The van der Waals surface area contributed by atoms with Gasteiger partial charge in [0.25, 0.3) is 5.56 Å². The van der Waals surface area contributed by atoms with Gasteiger partial charge in [-0.05, 0) is 40.7 Å². The largest absolute Gasteiger partial charge is 0.462 e. The van der Waals surface area contributed by atoms with Gasteiger partial charge in [0.1, 0.15) is 17.8 Å². The summed E-state index contributed by atoms with van der Waals surface area (Å²) in [6.07, 6.45) is 0. The van der Waals surface area contributed by atoms with Crippen molar-refractivity contribution in [2.24, 2.45) is 0 Å². The van der Waals surface area contributed by atoms with Crippen molar-refractivity contribution in [3.63, 3.8) is 0 Å². The Labute approximate surface area is 129 Å². The molecule has 1 aromatic rings. The zero-order chi connectivity index (χ0) is 17.1. The molecule has 0 fully saturated rings. The van der Waals surface area contributed by atoms with Crippen molar-refractivity contribution >= 4 is 17.6 Å². The average Bonchev–Trinajstić information content (AvgIpc) is 2.37. The summed E-state index contributed by atoms with van der Waals surface area (Å²) in [6, 6.07) is 1.43. The van der Waals surface area contributed by atoms with Crippen molar-refractivity contribution in [3.05, 3.63) is 27.7 Å². The first-order valence-corrected chi connectivity index (χ1v) is 6.95. The van der Waals surface area contributed by atoms with E-state index in [1.807, 2.05) is 0 Å². The summed E-state index contributed by atoms with van der Waals surface area (Å²) in [5.41, 5.74) is 4.62. The molecule has 1 rings (SSSR count). The highest BCUT2D eigenvalue weighted by molar-refractivity contribution is 5.95. The third-order valence-electron chi connectivity index (χ3n) is 2.75. The minimum absolute atomic E-state index is 0.00443. The number of ether oxygens (including phenoxy) is 2. The van der Waals surface area contributed by atoms with E-state index >= 15 is 0 Å². The van der Waals surface area contributed by atoms with Crippen LogP contribution in [0.1, 0.15) is 43.7 Å². The summed E-state index contributed by atoms with van der Waals surface area (Å²) in [6.45, 7) is 8.38. The quantitative estimate of drug-likeness (QED) is 0.840. The van der Waals surface area contributed by atoms with Gasteiger partial charge in [0.15, 0.2) is 0 Å². The van der Waals surface area contributed by atoms with Gasteiger partial charge in [-0.3, -0.25) is 14.2 Å². The van der Waals surface area contributed by atoms with E-state index in [1.165, 1.54) is 10.6 Å². The first kappa shape index (κ1) is 17.7. The predicted molar refractivity (Wildman–Crippen MR) is 81.7 cm³/mol.